The molecule has 17 heavy (non-hydrogen) atoms. The quantitative estimate of drug-likeness (QED) is 0.859. The van der Waals surface area contributed by atoms with Gasteiger partial charge in [0, 0.05) is 11.3 Å². The SMILES string of the molecule is Cc1nc(-c2ccccc2)c(=O)[nH]c1C(C)C. The number of benzene rings is 1. The van der Waals surface area contributed by atoms with Crippen LogP contribution >= 0.6 is 0 Å². The second-order valence-corrected chi connectivity index (χ2v) is 4.43. The van der Waals surface area contributed by atoms with Crippen LogP contribution in [0.5, 0.6) is 0 Å². The van der Waals surface area contributed by atoms with E-state index < -0.39 is 0 Å². The summed E-state index contributed by atoms with van der Waals surface area (Å²) in [6.45, 7) is 6.02. The fourth-order valence-corrected chi connectivity index (χ4v) is 1.90. The van der Waals surface area contributed by atoms with Crippen LogP contribution in [0.2, 0.25) is 0 Å². The standard InChI is InChI=1S/C14H16N2O/c1-9(2)12-10(3)15-13(14(17)16-12)11-7-5-4-6-8-11/h4-9H,1-3H3,(H,16,17). The normalized spacial score (nSPS) is 10.8. The predicted molar refractivity (Wildman–Crippen MR) is 69.1 cm³/mol. The summed E-state index contributed by atoms with van der Waals surface area (Å²) in [5.74, 6) is 0.278. The third-order valence-electron chi connectivity index (χ3n) is 2.76. The van der Waals surface area contributed by atoms with Gasteiger partial charge in [0.05, 0.1) is 5.69 Å². The molecule has 1 N–H and O–H groups in total. The summed E-state index contributed by atoms with van der Waals surface area (Å²) in [7, 11) is 0. The summed E-state index contributed by atoms with van der Waals surface area (Å²) in [6, 6.07) is 9.52. The van der Waals surface area contributed by atoms with E-state index in [-0.39, 0.29) is 11.5 Å². The molecule has 0 atom stereocenters. The van der Waals surface area contributed by atoms with E-state index in [4.69, 9.17) is 0 Å². The van der Waals surface area contributed by atoms with Gasteiger partial charge in [0.2, 0.25) is 0 Å². The highest BCUT2D eigenvalue weighted by Gasteiger charge is 2.11. The number of hydrogen-bond acceptors (Lipinski definition) is 2. The molecular weight excluding hydrogens is 212 g/mol. The number of hydrogen-bond donors (Lipinski definition) is 1. The number of H-pyrrole nitrogens is 1. The molecule has 3 nitrogen and oxygen atoms in total. The van der Waals surface area contributed by atoms with Crippen molar-refractivity contribution < 1.29 is 0 Å². The first-order valence-corrected chi connectivity index (χ1v) is 5.76. The highest BCUT2D eigenvalue weighted by molar-refractivity contribution is 5.57. The lowest BCUT2D eigenvalue weighted by Crippen LogP contribution is -2.16. The van der Waals surface area contributed by atoms with E-state index in [1.807, 2.05) is 51.1 Å². The fourth-order valence-electron chi connectivity index (χ4n) is 1.90. The van der Waals surface area contributed by atoms with Crippen molar-refractivity contribution in [3.8, 4) is 11.3 Å². The lowest BCUT2D eigenvalue weighted by molar-refractivity contribution is 0.788. The summed E-state index contributed by atoms with van der Waals surface area (Å²) in [6.07, 6.45) is 0. The smallest absolute Gasteiger partial charge is 0.274 e. The molecule has 0 fully saturated rings. The van der Waals surface area contributed by atoms with Crippen molar-refractivity contribution in [2.45, 2.75) is 26.7 Å². The molecule has 0 spiro atoms. The molecular formula is C14H16N2O. The zero-order valence-corrected chi connectivity index (χ0v) is 10.3. The van der Waals surface area contributed by atoms with E-state index >= 15 is 0 Å². The van der Waals surface area contributed by atoms with Gasteiger partial charge in [-0.25, -0.2) is 4.98 Å². The second-order valence-electron chi connectivity index (χ2n) is 4.43. The average molecular weight is 228 g/mol. The van der Waals surface area contributed by atoms with Crippen molar-refractivity contribution >= 4 is 0 Å². The number of nitrogens with one attached hydrogen (secondary N) is 1. The Morgan fingerprint density at radius 3 is 2.41 bits per heavy atom. The maximum Gasteiger partial charge on any atom is 0.274 e. The minimum atomic E-state index is -0.120. The molecule has 2 aromatic rings. The van der Waals surface area contributed by atoms with Crippen LogP contribution < -0.4 is 5.56 Å². The van der Waals surface area contributed by atoms with E-state index in [0.29, 0.717) is 5.69 Å². The van der Waals surface area contributed by atoms with Crippen molar-refractivity contribution in [3.63, 3.8) is 0 Å². The van der Waals surface area contributed by atoms with Gasteiger partial charge >= 0.3 is 0 Å². The van der Waals surface area contributed by atoms with Gasteiger partial charge < -0.3 is 4.98 Å². The maximum absolute atomic E-state index is 12.0. The Kier molecular flexibility index (Phi) is 3.09. The third kappa shape index (κ3) is 2.28. The van der Waals surface area contributed by atoms with Crippen molar-refractivity contribution in [3.05, 3.63) is 52.1 Å². The molecule has 0 amide bonds. The summed E-state index contributed by atoms with van der Waals surface area (Å²) < 4.78 is 0. The van der Waals surface area contributed by atoms with E-state index in [9.17, 15) is 4.79 Å². The minimum absolute atomic E-state index is 0.120. The molecule has 0 saturated carbocycles. The highest BCUT2D eigenvalue weighted by atomic mass is 16.1. The zero-order valence-electron chi connectivity index (χ0n) is 10.3. The van der Waals surface area contributed by atoms with Gasteiger partial charge in [-0.05, 0) is 12.8 Å². The van der Waals surface area contributed by atoms with Crippen molar-refractivity contribution in [1.82, 2.24) is 9.97 Å². The summed E-state index contributed by atoms with van der Waals surface area (Å²) in [5.41, 5.74) is 3.03. The number of aromatic amines is 1. The minimum Gasteiger partial charge on any atom is -0.322 e. The first-order chi connectivity index (χ1) is 8.09. The highest BCUT2D eigenvalue weighted by Crippen LogP contribution is 2.17. The molecule has 2 rings (SSSR count). The lowest BCUT2D eigenvalue weighted by atomic mass is 10.1. The van der Waals surface area contributed by atoms with Crippen LogP contribution in [0.3, 0.4) is 0 Å². The Balaban J connectivity index is 2.59. The lowest BCUT2D eigenvalue weighted by Gasteiger charge is -2.10. The molecule has 0 saturated heterocycles. The van der Waals surface area contributed by atoms with Crippen LogP contribution in [0.1, 0.15) is 31.2 Å². The Morgan fingerprint density at radius 2 is 1.82 bits per heavy atom. The Hall–Kier alpha value is -1.90. The predicted octanol–water partition coefficient (Wildman–Crippen LogP) is 2.87. The van der Waals surface area contributed by atoms with Gasteiger partial charge in [-0.3, -0.25) is 4.79 Å². The van der Waals surface area contributed by atoms with Gasteiger partial charge in [0.25, 0.3) is 5.56 Å². The molecule has 0 radical (unpaired) electrons. The van der Waals surface area contributed by atoms with E-state index in [1.54, 1.807) is 0 Å². The number of nitrogens with zero attached hydrogens (tertiary/aromatic N) is 1. The first kappa shape index (κ1) is 11.6. The molecule has 0 aliphatic rings. The van der Waals surface area contributed by atoms with E-state index in [2.05, 4.69) is 9.97 Å². The van der Waals surface area contributed by atoms with Crippen LogP contribution in [-0.2, 0) is 0 Å². The molecule has 1 heterocycles. The van der Waals surface area contributed by atoms with Gasteiger partial charge in [-0.15, -0.1) is 0 Å². The summed E-state index contributed by atoms with van der Waals surface area (Å²) in [5, 5.41) is 0. The van der Waals surface area contributed by atoms with Crippen molar-refractivity contribution in [1.29, 1.82) is 0 Å². The van der Waals surface area contributed by atoms with E-state index in [0.717, 1.165) is 17.0 Å². The third-order valence-corrected chi connectivity index (χ3v) is 2.76. The Bertz CT molecular complexity index is 571. The summed E-state index contributed by atoms with van der Waals surface area (Å²) in [4.78, 5) is 19.3. The molecule has 88 valence electrons. The monoisotopic (exact) mass is 228 g/mol. The first-order valence-electron chi connectivity index (χ1n) is 5.76. The number of aryl methyl sites for hydroxylation is 1. The van der Waals surface area contributed by atoms with Crippen LogP contribution in [0.15, 0.2) is 35.1 Å². The van der Waals surface area contributed by atoms with Gasteiger partial charge in [-0.2, -0.15) is 0 Å². The second kappa shape index (κ2) is 4.53. The molecule has 1 aromatic heterocycles. The molecule has 0 bridgehead atoms. The molecule has 3 heteroatoms. The molecule has 0 aliphatic heterocycles. The van der Waals surface area contributed by atoms with E-state index in [1.165, 1.54) is 0 Å². The summed E-state index contributed by atoms with van der Waals surface area (Å²) >= 11 is 0. The van der Waals surface area contributed by atoms with Gasteiger partial charge in [0.15, 0.2) is 0 Å². The van der Waals surface area contributed by atoms with Crippen LogP contribution in [-0.4, -0.2) is 9.97 Å². The van der Waals surface area contributed by atoms with Crippen LogP contribution in [0.25, 0.3) is 11.3 Å². The Morgan fingerprint density at radius 1 is 1.18 bits per heavy atom. The molecule has 1 aromatic carbocycles. The van der Waals surface area contributed by atoms with Crippen molar-refractivity contribution in [2.24, 2.45) is 0 Å². The topological polar surface area (TPSA) is 45.8 Å². The maximum atomic E-state index is 12.0. The van der Waals surface area contributed by atoms with Crippen molar-refractivity contribution in [2.75, 3.05) is 0 Å². The number of aromatic nitrogens is 2. The molecule has 0 unspecified atom stereocenters. The largest absolute Gasteiger partial charge is 0.322 e. The Labute approximate surface area is 101 Å². The van der Waals surface area contributed by atoms with Gasteiger partial charge in [-0.1, -0.05) is 44.2 Å². The van der Waals surface area contributed by atoms with Crippen LogP contribution in [0, 0.1) is 6.92 Å². The molecule has 0 aliphatic carbocycles. The fraction of sp³-hybridized carbons (Fsp3) is 0.286. The van der Waals surface area contributed by atoms with Crippen LogP contribution in [0.4, 0.5) is 0 Å². The average Bonchev–Trinajstić information content (AvgIpc) is 2.32. The number of rotatable bonds is 2. The van der Waals surface area contributed by atoms with Gasteiger partial charge in [0.1, 0.15) is 5.69 Å². The zero-order chi connectivity index (χ0) is 12.4.